The maximum atomic E-state index is 5.28. The van der Waals surface area contributed by atoms with Crippen LogP contribution in [-0.4, -0.2) is 6.29 Å². The van der Waals surface area contributed by atoms with Crippen LogP contribution in [0.3, 0.4) is 0 Å². The molecule has 0 spiro atoms. The van der Waals surface area contributed by atoms with Crippen LogP contribution in [0.25, 0.3) is 0 Å². The molecule has 0 saturated carbocycles. The van der Waals surface area contributed by atoms with E-state index >= 15 is 0 Å². The SMILES string of the molecule is NCPOCc1ccccc1. The first-order valence-electron chi connectivity index (χ1n) is 3.52. The molecule has 0 bridgehead atoms. The quantitative estimate of drug-likeness (QED) is 0.550. The lowest BCUT2D eigenvalue weighted by atomic mass is 10.2. The lowest BCUT2D eigenvalue weighted by Gasteiger charge is -2.00. The molecule has 60 valence electrons. The van der Waals surface area contributed by atoms with Crippen molar-refractivity contribution in [2.75, 3.05) is 6.29 Å². The Bertz CT molecular complexity index is 191. The van der Waals surface area contributed by atoms with Crippen molar-refractivity contribution >= 4 is 8.81 Å². The Hall–Kier alpha value is -0.430. The normalized spacial score (nSPS) is 11.0. The molecule has 2 nitrogen and oxygen atoms in total. The third-order valence-electron chi connectivity index (χ3n) is 1.27. The van der Waals surface area contributed by atoms with Crippen molar-refractivity contribution in [2.24, 2.45) is 5.73 Å². The van der Waals surface area contributed by atoms with E-state index in [1.807, 2.05) is 30.3 Å². The van der Waals surface area contributed by atoms with E-state index in [1.165, 1.54) is 5.56 Å². The molecule has 1 aromatic rings. The minimum Gasteiger partial charge on any atom is -0.356 e. The Labute approximate surface area is 68.6 Å². The van der Waals surface area contributed by atoms with Gasteiger partial charge in [-0.2, -0.15) is 0 Å². The monoisotopic (exact) mass is 169 g/mol. The van der Waals surface area contributed by atoms with E-state index in [0.717, 1.165) is 0 Å². The molecule has 1 unspecified atom stereocenters. The fourth-order valence-electron chi connectivity index (χ4n) is 0.768. The van der Waals surface area contributed by atoms with Gasteiger partial charge in [0.15, 0.2) is 0 Å². The summed E-state index contributed by atoms with van der Waals surface area (Å²) in [4.78, 5) is 0. The molecule has 2 N–H and O–H groups in total. The Morgan fingerprint density at radius 1 is 1.27 bits per heavy atom. The summed E-state index contributed by atoms with van der Waals surface area (Å²) in [7, 11) is 0.418. The molecule has 0 aromatic heterocycles. The van der Waals surface area contributed by atoms with Crippen molar-refractivity contribution in [3.63, 3.8) is 0 Å². The third kappa shape index (κ3) is 3.47. The largest absolute Gasteiger partial charge is 0.356 e. The minimum atomic E-state index is 0.418. The lowest BCUT2D eigenvalue weighted by molar-refractivity contribution is 0.352. The first kappa shape index (κ1) is 8.66. The van der Waals surface area contributed by atoms with Gasteiger partial charge in [0.25, 0.3) is 0 Å². The summed E-state index contributed by atoms with van der Waals surface area (Å²) in [5.41, 5.74) is 6.48. The predicted octanol–water partition coefficient (Wildman–Crippen LogP) is 1.71. The molecule has 0 fully saturated rings. The van der Waals surface area contributed by atoms with Crippen LogP contribution in [0.1, 0.15) is 5.56 Å². The van der Waals surface area contributed by atoms with E-state index in [2.05, 4.69) is 0 Å². The van der Waals surface area contributed by atoms with Crippen molar-refractivity contribution in [1.82, 2.24) is 0 Å². The summed E-state index contributed by atoms with van der Waals surface area (Å²) in [6.45, 7) is 0.677. The van der Waals surface area contributed by atoms with Gasteiger partial charge in [-0.25, -0.2) is 0 Å². The molecular formula is C8H12NOP. The van der Waals surface area contributed by atoms with Crippen LogP contribution in [0.15, 0.2) is 30.3 Å². The average Bonchev–Trinajstić information content (AvgIpc) is 2.07. The van der Waals surface area contributed by atoms with Gasteiger partial charge in [-0.1, -0.05) is 30.3 Å². The minimum absolute atomic E-state index is 0.418. The van der Waals surface area contributed by atoms with E-state index in [4.69, 9.17) is 10.3 Å². The predicted molar refractivity (Wildman–Crippen MR) is 48.6 cm³/mol. The fourth-order valence-corrected chi connectivity index (χ4v) is 1.15. The highest BCUT2D eigenvalue weighted by Gasteiger charge is 1.88. The van der Waals surface area contributed by atoms with E-state index in [-0.39, 0.29) is 0 Å². The maximum Gasteiger partial charge on any atom is 0.0756 e. The summed E-state index contributed by atoms with van der Waals surface area (Å²) in [6, 6.07) is 10.1. The van der Waals surface area contributed by atoms with Crippen molar-refractivity contribution in [2.45, 2.75) is 6.61 Å². The summed E-state index contributed by atoms with van der Waals surface area (Å²) < 4.78 is 5.27. The molecule has 1 rings (SSSR count). The number of hydrogen-bond acceptors (Lipinski definition) is 2. The van der Waals surface area contributed by atoms with Gasteiger partial charge >= 0.3 is 0 Å². The zero-order chi connectivity index (χ0) is 7.94. The number of benzene rings is 1. The summed E-state index contributed by atoms with van der Waals surface area (Å²) in [5.74, 6) is 0. The van der Waals surface area contributed by atoms with Crippen LogP contribution in [0, 0.1) is 0 Å². The van der Waals surface area contributed by atoms with E-state index in [1.54, 1.807) is 0 Å². The molecule has 0 radical (unpaired) electrons. The molecule has 0 amide bonds. The highest BCUT2D eigenvalue weighted by atomic mass is 31.1. The first-order valence-corrected chi connectivity index (χ1v) is 4.63. The van der Waals surface area contributed by atoms with Gasteiger partial charge in [0, 0.05) is 15.1 Å². The van der Waals surface area contributed by atoms with Crippen LogP contribution in [0.4, 0.5) is 0 Å². The van der Waals surface area contributed by atoms with Gasteiger partial charge in [0.2, 0.25) is 0 Å². The number of rotatable bonds is 4. The lowest BCUT2D eigenvalue weighted by Crippen LogP contribution is -1.92. The van der Waals surface area contributed by atoms with Crippen LogP contribution >= 0.6 is 8.81 Å². The van der Waals surface area contributed by atoms with Gasteiger partial charge in [-0.15, -0.1) is 0 Å². The van der Waals surface area contributed by atoms with E-state index < -0.39 is 0 Å². The second-order valence-corrected chi connectivity index (χ2v) is 3.11. The zero-order valence-electron chi connectivity index (χ0n) is 6.29. The molecule has 0 aliphatic rings. The van der Waals surface area contributed by atoms with Gasteiger partial charge in [-0.3, -0.25) is 0 Å². The Morgan fingerprint density at radius 2 is 2.00 bits per heavy atom. The smallest absolute Gasteiger partial charge is 0.0756 e. The van der Waals surface area contributed by atoms with Crippen molar-refractivity contribution in [1.29, 1.82) is 0 Å². The number of nitrogens with two attached hydrogens (primary N) is 1. The molecule has 0 aliphatic heterocycles. The second kappa shape index (κ2) is 5.25. The van der Waals surface area contributed by atoms with Gasteiger partial charge < -0.3 is 10.3 Å². The van der Waals surface area contributed by atoms with Crippen molar-refractivity contribution in [3.05, 3.63) is 35.9 Å². The van der Waals surface area contributed by atoms with Gasteiger partial charge in [0.05, 0.1) is 6.61 Å². The van der Waals surface area contributed by atoms with Crippen LogP contribution in [-0.2, 0) is 11.1 Å². The zero-order valence-corrected chi connectivity index (χ0v) is 7.29. The Kier molecular flexibility index (Phi) is 4.14. The van der Waals surface area contributed by atoms with Gasteiger partial charge in [0.1, 0.15) is 0 Å². The highest BCUT2D eigenvalue weighted by Crippen LogP contribution is 2.11. The average molecular weight is 169 g/mol. The van der Waals surface area contributed by atoms with Crippen molar-refractivity contribution in [3.8, 4) is 0 Å². The molecule has 0 aliphatic carbocycles. The fraction of sp³-hybridized carbons (Fsp3) is 0.250. The van der Waals surface area contributed by atoms with E-state index in [9.17, 15) is 0 Å². The topological polar surface area (TPSA) is 35.2 Å². The Morgan fingerprint density at radius 3 is 2.64 bits per heavy atom. The Balaban J connectivity index is 2.28. The summed E-state index contributed by atoms with van der Waals surface area (Å²) in [6.07, 6.45) is 0.618. The molecule has 11 heavy (non-hydrogen) atoms. The number of hydrogen-bond donors (Lipinski definition) is 1. The third-order valence-corrected chi connectivity index (χ3v) is 1.78. The molecular weight excluding hydrogens is 157 g/mol. The summed E-state index contributed by atoms with van der Waals surface area (Å²) in [5, 5.41) is 0. The maximum absolute atomic E-state index is 5.28. The molecule has 1 aromatic carbocycles. The molecule has 0 heterocycles. The molecule has 3 heteroatoms. The summed E-state index contributed by atoms with van der Waals surface area (Å²) >= 11 is 0. The van der Waals surface area contributed by atoms with Crippen LogP contribution in [0.2, 0.25) is 0 Å². The first-order chi connectivity index (χ1) is 5.43. The molecule has 0 saturated heterocycles. The van der Waals surface area contributed by atoms with Crippen LogP contribution in [0.5, 0.6) is 0 Å². The van der Waals surface area contributed by atoms with Crippen LogP contribution < -0.4 is 5.73 Å². The molecule has 1 atom stereocenters. The highest BCUT2D eigenvalue weighted by molar-refractivity contribution is 7.32. The van der Waals surface area contributed by atoms with E-state index in [0.29, 0.717) is 21.7 Å². The second-order valence-electron chi connectivity index (χ2n) is 2.12. The standard InChI is InChI=1S/C8H12NOP/c9-7-11-10-6-8-4-2-1-3-5-8/h1-5,11H,6-7,9H2. The van der Waals surface area contributed by atoms with Gasteiger partial charge in [-0.05, 0) is 5.56 Å². The van der Waals surface area contributed by atoms with Crippen molar-refractivity contribution < 1.29 is 4.52 Å².